The molecule has 0 fully saturated rings. The van der Waals surface area contributed by atoms with Crippen LogP contribution in [0.2, 0.25) is 0 Å². The Balaban J connectivity index is 2.54. The Morgan fingerprint density at radius 2 is 2.08 bits per heavy atom. The molecule has 2 heteroatoms. The molecule has 2 nitrogen and oxygen atoms in total. The van der Waals surface area contributed by atoms with Gasteiger partial charge < -0.3 is 4.90 Å². The predicted octanol–water partition coefficient (Wildman–Crippen LogP) is 6.52. The van der Waals surface area contributed by atoms with E-state index in [2.05, 4.69) is 90.1 Å². The summed E-state index contributed by atoms with van der Waals surface area (Å²) < 4.78 is 0. The van der Waals surface area contributed by atoms with Gasteiger partial charge in [0.25, 0.3) is 0 Å². The average Bonchev–Trinajstić information content (AvgIpc) is 2.65. The Kier molecular flexibility index (Phi) is 6.86. The quantitative estimate of drug-likeness (QED) is 0.520. The number of anilines is 1. The molecular formula is C24H36N2. The number of hydrogen-bond donors (Lipinski definition) is 0. The number of rotatable bonds is 7. The number of aromatic nitrogens is 1. The minimum Gasteiger partial charge on any atom is -0.378 e. The van der Waals surface area contributed by atoms with Crippen LogP contribution in [0.4, 0.5) is 5.69 Å². The van der Waals surface area contributed by atoms with Crippen LogP contribution in [-0.4, -0.2) is 19.1 Å². The van der Waals surface area contributed by atoms with Crippen molar-refractivity contribution < 1.29 is 0 Å². The van der Waals surface area contributed by atoms with Gasteiger partial charge in [0, 0.05) is 26.0 Å². The first-order valence-corrected chi connectivity index (χ1v) is 10.0. The van der Waals surface area contributed by atoms with Crippen molar-refractivity contribution >= 4 is 11.3 Å². The van der Waals surface area contributed by atoms with Gasteiger partial charge in [0.05, 0.1) is 5.69 Å². The maximum atomic E-state index is 4.76. The van der Waals surface area contributed by atoms with Gasteiger partial charge in [-0.05, 0) is 54.7 Å². The van der Waals surface area contributed by atoms with E-state index in [-0.39, 0.29) is 5.41 Å². The molecule has 1 aliphatic carbocycles. The number of nitrogens with zero attached hydrogens (tertiary/aromatic N) is 2. The molecule has 0 saturated heterocycles. The van der Waals surface area contributed by atoms with E-state index in [1.54, 1.807) is 0 Å². The summed E-state index contributed by atoms with van der Waals surface area (Å²) in [6, 6.07) is 4.31. The lowest BCUT2D eigenvalue weighted by atomic mass is 9.62. The molecule has 3 unspecified atom stereocenters. The largest absolute Gasteiger partial charge is 0.378 e. The fourth-order valence-electron chi connectivity index (χ4n) is 3.97. The van der Waals surface area contributed by atoms with Gasteiger partial charge >= 0.3 is 0 Å². The van der Waals surface area contributed by atoms with E-state index >= 15 is 0 Å². The molecule has 26 heavy (non-hydrogen) atoms. The first-order chi connectivity index (χ1) is 12.3. The van der Waals surface area contributed by atoms with E-state index < -0.39 is 0 Å². The van der Waals surface area contributed by atoms with Crippen LogP contribution in [0.3, 0.4) is 0 Å². The van der Waals surface area contributed by atoms with Crippen molar-refractivity contribution in [3.05, 3.63) is 53.9 Å². The SMILES string of the molecule is CCC=CC(C)(C(C)CC)C1CC=C(C)C=C1c1cc(N(C)C)ccn1. The van der Waals surface area contributed by atoms with E-state index in [1.165, 1.54) is 23.3 Å². The molecule has 2 rings (SSSR count). The van der Waals surface area contributed by atoms with Gasteiger partial charge in [-0.25, -0.2) is 0 Å². The summed E-state index contributed by atoms with van der Waals surface area (Å²) >= 11 is 0. The highest BCUT2D eigenvalue weighted by Crippen LogP contribution is 2.49. The molecule has 0 N–H and O–H groups in total. The van der Waals surface area contributed by atoms with Crippen LogP contribution in [0.15, 0.2) is 48.2 Å². The van der Waals surface area contributed by atoms with Crippen molar-refractivity contribution in [2.75, 3.05) is 19.0 Å². The summed E-state index contributed by atoms with van der Waals surface area (Å²) in [7, 11) is 4.18. The van der Waals surface area contributed by atoms with Crippen molar-refractivity contribution in [1.29, 1.82) is 0 Å². The summed E-state index contributed by atoms with van der Waals surface area (Å²) in [6.45, 7) is 11.6. The van der Waals surface area contributed by atoms with Gasteiger partial charge in [0.2, 0.25) is 0 Å². The zero-order chi connectivity index (χ0) is 19.3. The van der Waals surface area contributed by atoms with Crippen molar-refractivity contribution in [2.24, 2.45) is 17.3 Å². The molecule has 0 bridgehead atoms. The van der Waals surface area contributed by atoms with Crippen LogP contribution in [0.1, 0.15) is 59.6 Å². The summed E-state index contributed by atoms with van der Waals surface area (Å²) in [6.07, 6.45) is 14.9. The van der Waals surface area contributed by atoms with Crippen LogP contribution in [-0.2, 0) is 0 Å². The Hall–Kier alpha value is -1.83. The summed E-state index contributed by atoms with van der Waals surface area (Å²) in [5, 5.41) is 0. The number of hydrogen-bond acceptors (Lipinski definition) is 2. The second kappa shape index (κ2) is 8.70. The molecule has 0 amide bonds. The van der Waals surface area contributed by atoms with Crippen LogP contribution in [0, 0.1) is 17.3 Å². The lowest BCUT2D eigenvalue weighted by molar-refractivity contribution is 0.200. The first kappa shape index (κ1) is 20.5. The third-order valence-corrected chi connectivity index (χ3v) is 6.13. The normalized spacial score (nSPS) is 21.1. The Labute approximate surface area is 160 Å². The van der Waals surface area contributed by atoms with Crippen LogP contribution in [0.5, 0.6) is 0 Å². The van der Waals surface area contributed by atoms with Crippen molar-refractivity contribution in [3.8, 4) is 0 Å². The zero-order valence-corrected chi connectivity index (χ0v) is 17.7. The molecule has 1 aromatic heterocycles. The van der Waals surface area contributed by atoms with E-state index in [1.807, 2.05) is 6.20 Å². The minimum absolute atomic E-state index is 0.129. The predicted molar refractivity (Wildman–Crippen MR) is 115 cm³/mol. The molecule has 0 saturated carbocycles. The third-order valence-electron chi connectivity index (χ3n) is 6.13. The van der Waals surface area contributed by atoms with Crippen LogP contribution < -0.4 is 4.90 Å². The van der Waals surface area contributed by atoms with E-state index in [9.17, 15) is 0 Å². The van der Waals surface area contributed by atoms with Crippen molar-refractivity contribution in [3.63, 3.8) is 0 Å². The van der Waals surface area contributed by atoms with Crippen LogP contribution in [0.25, 0.3) is 5.57 Å². The third kappa shape index (κ3) is 4.28. The monoisotopic (exact) mass is 352 g/mol. The van der Waals surface area contributed by atoms with Gasteiger partial charge in [-0.15, -0.1) is 0 Å². The van der Waals surface area contributed by atoms with Crippen LogP contribution >= 0.6 is 0 Å². The molecular weight excluding hydrogens is 316 g/mol. The van der Waals surface area contributed by atoms with Crippen molar-refractivity contribution in [2.45, 2.75) is 53.9 Å². The highest BCUT2D eigenvalue weighted by atomic mass is 15.1. The van der Waals surface area contributed by atoms with E-state index in [0.29, 0.717) is 11.8 Å². The molecule has 3 atom stereocenters. The maximum Gasteiger partial charge on any atom is 0.0685 e. The molecule has 1 aliphatic rings. The van der Waals surface area contributed by atoms with Gasteiger partial charge in [-0.3, -0.25) is 4.98 Å². The second-order valence-electron chi connectivity index (χ2n) is 8.12. The lowest BCUT2D eigenvalue weighted by Crippen LogP contribution is -2.34. The topological polar surface area (TPSA) is 16.1 Å². The Morgan fingerprint density at radius 1 is 1.35 bits per heavy atom. The zero-order valence-electron chi connectivity index (χ0n) is 17.7. The fraction of sp³-hybridized carbons (Fsp3) is 0.542. The van der Waals surface area contributed by atoms with Crippen molar-refractivity contribution in [1.82, 2.24) is 4.98 Å². The lowest BCUT2D eigenvalue weighted by Gasteiger charge is -2.42. The smallest absolute Gasteiger partial charge is 0.0685 e. The Morgan fingerprint density at radius 3 is 2.69 bits per heavy atom. The summed E-state index contributed by atoms with van der Waals surface area (Å²) in [5.41, 5.74) is 5.18. The molecule has 0 radical (unpaired) electrons. The standard InChI is InChI=1S/C24H36N2/c1-8-10-14-24(5,19(4)9-2)22-12-11-18(3)16-21(22)23-17-20(26(6)7)13-15-25-23/h10-11,13-17,19,22H,8-9,12H2,1-7H3. The van der Waals surface area contributed by atoms with E-state index in [0.717, 1.165) is 18.5 Å². The number of allylic oxidation sites excluding steroid dienone is 6. The average molecular weight is 353 g/mol. The highest BCUT2D eigenvalue weighted by Gasteiger charge is 2.39. The van der Waals surface area contributed by atoms with E-state index in [4.69, 9.17) is 4.98 Å². The molecule has 142 valence electrons. The molecule has 0 aromatic carbocycles. The van der Waals surface area contributed by atoms with Gasteiger partial charge in [0.1, 0.15) is 0 Å². The highest BCUT2D eigenvalue weighted by molar-refractivity contribution is 5.72. The Bertz CT molecular complexity index is 696. The number of pyridine rings is 1. The maximum absolute atomic E-state index is 4.76. The summed E-state index contributed by atoms with van der Waals surface area (Å²) in [4.78, 5) is 6.91. The fourth-order valence-corrected chi connectivity index (χ4v) is 3.97. The molecule has 0 spiro atoms. The summed E-state index contributed by atoms with van der Waals surface area (Å²) in [5.74, 6) is 1.07. The molecule has 1 aromatic rings. The second-order valence-corrected chi connectivity index (χ2v) is 8.12. The van der Waals surface area contributed by atoms with Gasteiger partial charge in [0.15, 0.2) is 0 Å². The van der Waals surface area contributed by atoms with Gasteiger partial charge in [-0.2, -0.15) is 0 Å². The molecule has 0 aliphatic heterocycles. The minimum atomic E-state index is 0.129. The molecule has 1 heterocycles. The van der Waals surface area contributed by atoms with Gasteiger partial charge in [-0.1, -0.05) is 64.0 Å². The first-order valence-electron chi connectivity index (χ1n) is 10.0.